The molecule has 0 atom stereocenters. The zero-order chi connectivity index (χ0) is 33.7. The van der Waals surface area contributed by atoms with Gasteiger partial charge in [0.1, 0.15) is 0 Å². The van der Waals surface area contributed by atoms with Gasteiger partial charge in [-0.25, -0.2) is 0 Å². The van der Waals surface area contributed by atoms with Crippen LogP contribution in [0.25, 0.3) is 60.9 Å². The summed E-state index contributed by atoms with van der Waals surface area (Å²) < 4.78 is 2.38. The summed E-state index contributed by atoms with van der Waals surface area (Å²) in [6, 6.07) is 70.7. The normalized spacial score (nSPS) is 12.2. The number of fused-ring (bicyclic) bond motifs is 5. The zero-order valence-corrected chi connectivity index (χ0v) is 28.1. The average molecular weight is 651 g/mol. The summed E-state index contributed by atoms with van der Waals surface area (Å²) >= 11 is 0. The molecule has 1 aliphatic rings. The summed E-state index contributed by atoms with van der Waals surface area (Å²) in [7, 11) is 0. The molecule has 1 aliphatic heterocycles. The van der Waals surface area contributed by atoms with Crippen molar-refractivity contribution in [1.82, 2.24) is 4.57 Å². The summed E-state index contributed by atoms with van der Waals surface area (Å²) in [5.74, 6) is 0. The SMILES string of the molecule is c1ccc(-c2ccc(N3c4ccc(-c5ccccc5)cc4Cc4cc(-c5ccc(-n6c7ccccc7c7ccccc76)cc5)ccc43)cc2)cc1. The van der Waals surface area contributed by atoms with Crippen LogP contribution in [-0.2, 0) is 6.42 Å². The van der Waals surface area contributed by atoms with Crippen molar-refractivity contribution < 1.29 is 0 Å². The lowest BCUT2D eigenvalue weighted by atomic mass is 9.90. The lowest BCUT2D eigenvalue weighted by Gasteiger charge is -2.34. The van der Waals surface area contributed by atoms with Gasteiger partial charge in [0, 0.05) is 39.9 Å². The molecule has 0 aliphatic carbocycles. The lowest BCUT2D eigenvalue weighted by molar-refractivity contribution is 1.09. The van der Waals surface area contributed by atoms with Gasteiger partial charge in [-0.1, -0.05) is 133 Å². The van der Waals surface area contributed by atoms with Gasteiger partial charge in [-0.2, -0.15) is 0 Å². The molecule has 51 heavy (non-hydrogen) atoms. The van der Waals surface area contributed by atoms with Gasteiger partial charge in [-0.15, -0.1) is 0 Å². The minimum absolute atomic E-state index is 0.872. The monoisotopic (exact) mass is 650 g/mol. The molecular formula is C49H34N2. The molecule has 0 unspecified atom stereocenters. The Kier molecular flexibility index (Phi) is 6.92. The summed E-state index contributed by atoms with van der Waals surface area (Å²) in [5, 5.41) is 2.56. The second-order valence-corrected chi connectivity index (χ2v) is 13.4. The van der Waals surface area contributed by atoms with Crippen molar-refractivity contribution in [2.24, 2.45) is 0 Å². The molecule has 0 radical (unpaired) electrons. The maximum Gasteiger partial charge on any atom is 0.0541 e. The third-order valence-corrected chi connectivity index (χ3v) is 10.4. The summed E-state index contributed by atoms with van der Waals surface area (Å²) in [4.78, 5) is 2.44. The van der Waals surface area contributed by atoms with Crippen molar-refractivity contribution in [3.63, 3.8) is 0 Å². The summed E-state index contributed by atoms with van der Waals surface area (Å²) in [6.45, 7) is 0. The average Bonchev–Trinajstić information content (AvgIpc) is 3.55. The standard InChI is InChI=1S/C49H34N2/c1-3-11-34(12-4-1)36-19-25-42(26-20-36)50-46-29-23-38(35-13-5-2-6-14-35)31-40(46)33-41-32-39(24-30-47(41)50)37-21-27-43(28-22-37)51-48-17-9-7-15-44(48)45-16-8-10-18-49(45)51/h1-32H,33H2. The molecule has 9 aromatic rings. The second kappa shape index (κ2) is 12.0. The highest BCUT2D eigenvalue weighted by atomic mass is 15.2. The summed E-state index contributed by atoms with van der Waals surface area (Å²) in [6.07, 6.45) is 0.872. The van der Waals surface area contributed by atoms with Crippen LogP contribution in [0, 0.1) is 0 Å². The molecule has 2 nitrogen and oxygen atoms in total. The fourth-order valence-corrected chi connectivity index (χ4v) is 7.93. The molecule has 0 fully saturated rings. The molecular weight excluding hydrogens is 617 g/mol. The number of aromatic nitrogens is 1. The summed E-state index contributed by atoms with van der Waals surface area (Å²) in [5.41, 5.74) is 17.3. The van der Waals surface area contributed by atoms with Gasteiger partial charge in [-0.3, -0.25) is 0 Å². The molecule has 0 N–H and O–H groups in total. The van der Waals surface area contributed by atoms with Gasteiger partial charge < -0.3 is 9.47 Å². The van der Waals surface area contributed by atoms with Crippen LogP contribution in [0.3, 0.4) is 0 Å². The topological polar surface area (TPSA) is 8.17 Å². The third kappa shape index (κ3) is 5.04. The fraction of sp³-hybridized carbons (Fsp3) is 0.0204. The Bertz CT molecular complexity index is 2630. The van der Waals surface area contributed by atoms with E-state index in [0.717, 1.165) is 12.1 Å². The smallest absolute Gasteiger partial charge is 0.0541 e. The van der Waals surface area contributed by atoms with Crippen LogP contribution in [0.15, 0.2) is 194 Å². The number of hydrogen-bond donors (Lipinski definition) is 0. The van der Waals surface area contributed by atoms with Crippen molar-refractivity contribution in [3.05, 3.63) is 205 Å². The van der Waals surface area contributed by atoms with Gasteiger partial charge >= 0.3 is 0 Å². The molecule has 8 aromatic carbocycles. The van der Waals surface area contributed by atoms with Crippen molar-refractivity contribution in [2.75, 3.05) is 4.90 Å². The molecule has 0 bridgehead atoms. The molecule has 0 spiro atoms. The van der Waals surface area contributed by atoms with E-state index in [0.29, 0.717) is 0 Å². The third-order valence-electron chi connectivity index (χ3n) is 10.4. The predicted molar refractivity (Wildman–Crippen MR) is 215 cm³/mol. The molecule has 1 aromatic heterocycles. The Hall–Kier alpha value is -6.64. The quantitative estimate of drug-likeness (QED) is 0.180. The van der Waals surface area contributed by atoms with Crippen LogP contribution in [0.1, 0.15) is 11.1 Å². The zero-order valence-electron chi connectivity index (χ0n) is 28.1. The van der Waals surface area contributed by atoms with Gasteiger partial charge in [0.25, 0.3) is 0 Å². The van der Waals surface area contributed by atoms with E-state index in [2.05, 4.69) is 204 Å². The van der Waals surface area contributed by atoms with E-state index in [4.69, 9.17) is 0 Å². The number of para-hydroxylation sites is 2. The number of rotatable bonds is 5. The molecule has 240 valence electrons. The number of nitrogens with zero attached hydrogens (tertiary/aromatic N) is 2. The van der Waals surface area contributed by atoms with E-state index >= 15 is 0 Å². The highest BCUT2D eigenvalue weighted by Gasteiger charge is 2.25. The highest BCUT2D eigenvalue weighted by Crippen LogP contribution is 2.46. The largest absolute Gasteiger partial charge is 0.310 e. The van der Waals surface area contributed by atoms with Gasteiger partial charge in [0.2, 0.25) is 0 Å². The van der Waals surface area contributed by atoms with Crippen molar-refractivity contribution in [1.29, 1.82) is 0 Å². The first-order chi connectivity index (χ1) is 25.3. The van der Waals surface area contributed by atoms with E-state index in [9.17, 15) is 0 Å². The van der Waals surface area contributed by atoms with E-state index in [1.165, 1.54) is 83.4 Å². The van der Waals surface area contributed by atoms with Crippen molar-refractivity contribution >= 4 is 38.9 Å². The first-order valence-corrected chi connectivity index (χ1v) is 17.6. The predicted octanol–water partition coefficient (Wildman–Crippen LogP) is 13.2. The van der Waals surface area contributed by atoms with Crippen LogP contribution >= 0.6 is 0 Å². The molecule has 10 rings (SSSR count). The fourth-order valence-electron chi connectivity index (χ4n) is 7.93. The van der Waals surface area contributed by atoms with Crippen LogP contribution in [0.4, 0.5) is 17.1 Å². The van der Waals surface area contributed by atoms with Crippen molar-refractivity contribution in [3.8, 4) is 39.1 Å². The van der Waals surface area contributed by atoms with Crippen molar-refractivity contribution in [2.45, 2.75) is 6.42 Å². The molecule has 0 saturated carbocycles. The van der Waals surface area contributed by atoms with Crippen LogP contribution in [0.5, 0.6) is 0 Å². The minimum atomic E-state index is 0.872. The first kappa shape index (κ1) is 29.3. The maximum absolute atomic E-state index is 2.44. The van der Waals surface area contributed by atoms with E-state index in [-0.39, 0.29) is 0 Å². The minimum Gasteiger partial charge on any atom is -0.310 e. The Morgan fingerprint density at radius 1 is 0.314 bits per heavy atom. The molecule has 2 heteroatoms. The Labute approximate surface area is 298 Å². The first-order valence-electron chi connectivity index (χ1n) is 17.6. The second-order valence-electron chi connectivity index (χ2n) is 13.4. The maximum atomic E-state index is 2.44. The van der Waals surface area contributed by atoms with Gasteiger partial charge in [0.05, 0.1) is 11.0 Å². The Morgan fingerprint density at radius 2 is 0.706 bits per heavy atom. The van der Waals surface area contributed by atoms with E-state index < -0.39 is 0 Å². The van der Waals surface area contributed by atoms with Crippen LogP contribution in [0.2, 0.25) is 0 Å². The van der Waals surface area contributed by atoms with E-state index in [1.54, 1.807) is 0 Å². The Morgan fingerprint density at radius 3 is 1.24 bits per heavy atom. The lowest BCUT2D eigenvalue weighted by Crippen LogP contribution is -2.18. The molecule has 0 saturated heterocycles. The number of hydrogen-bond acceptors (Lipinski definition) is 1. The number of anilines is 3. The highest BCUT2D eigenvalue weighted by molar-refractivity contribution is 6.09. The van der Waals surface area contributed by atoms with Gasteiger partial charge in [-0.05, 0) is 105 Å². The van der Waals surface area contributed by atoms with E-state index in [1.807, 2.05) is 0 Å². The van der Waals surface area contributed by atoms with Crippen LogP contribution < -0.4 is 4.90 Å². The number of benzene rings is 8. The van der Waals surface area contributed by atoms with Crippen LogP contribution in [-0.4, -0.2) is 4.57 Å². The Balaban J connectivity index is 1.05. The molecule has 2 heterocycles. The molecule has 0 amide bonds. The van der Waals surface area contributed by atoms with Gasteiger partial charge in [0.15, 0.2) is 0 Å².